The van der Waals surface area contributed by atoms with Crippen molar-refractivity contribution < 1.29 is 45.4 Å². The number of piperidine rings is 1. The van der Waals surface area contributed by atoms with Gasteiger partial charge in [-0.15, -0.1) is 0 Å². The van der Waals surface area contributed by atoms with Gasteiger partial charge in [0, 0.05) is 38.8 Å². The predicted octanol–water partition coefficient (Wildman–Crippen LogP) is 3.04. The summed E-state index contributed by atoms with van der Waals surface area (Å²) in [6.07, 6.45) is 0.294. The van der Waals surface area contributed by atoms with E-state index in [4.69, 9.17) is 19.1 Å². The minimum Gasteiger partial charge on any atom is -0.497 e. The number of hydrogen-bond donors (Lipinski definition) is 2. The fraction of sp³-hybridized carbons (Fsp3) is 0.621. The lowest BCUT2D eigenvalue weighted by Crippen LogP contribution is -2.50. The third kappa shape index (κ3) is 8.95. The van der Waals surface area contributed by atoms with E-state index in [2.05, 4.69) is 15.2 Å². The average molecular weight is 660 g/mol. The first-order valence-corrected chi connectivity index (χ1v) is 16.3. The Bertz CT molecular complexity index is 1430. The smallest absolute Gasteiger partial charge is 0.490 e. The molecule has 3 fully saturated rings. The Hall–Kier alpha value is -3.21. The molecule has 2 aromatic rings. The molecule has 2 N–H and O–H groups in total. The van der Waals surface area contributed by atoms with E-state index in [9.17, 15) is 26.4 Å². The van der Waals surface area contributed by atoms with Crippen molar-refractivity contribution in [3.05, 3.63) is 41.1 Å². The van der Waals surface area contributed by atoms with Crippen LogP contribution in [-0.2, 0) is 21.4 Å². The fourth-order valence-electron chi connectivity index (χ4n) is 5.67. The maximum atomic E-state index is 13.8. The number of benzene rings is 1. The molecule has 2 saturated heterocycles. The van der Waals surface area contributed by atoms with E-state index in [0.29, 0.717) is 30.0 Å². The zero-order valence-corrected chi connectivity index (χ0v) is 26.4. The number of methoxy groups -OCH3 is 1. The average Bonchev–Trinajstić information content (AvgIpc) is 3.72. The Kier molecular flexibility index (Phi) is 11.2. The number of nitrogens with one attached hydrogen (secondary N) is 1. The van der Waals surface area contributed by atoms with Crippen molar-refractivity contribution in [1.29, 1.82) is 0 Å². The number of carboxylic acids is 1. The van der Waals surface area contributed by atoms with E-state index in [1.54, 1.807) is 33.1 Å². The summed E-state index contributed by atoms with van der Waals surface area (Å²) in [6.45, 7) is 9.86. The number of aromatic nitrogens is 1. The Labute approximate surface area is 260 Å². The number of carboxylic acid groups (broad SMARTS) is 1. The normalized spacial score (nSPS) is 18.4. The molecule has 5 rings (SSSR count). The molecule has 2 aliphatic heterocycles. The van der Waals surface area contributed by atoms with E-state index in [-0.39, 0.29) is 35.0 Å². The van der Waals surface area contributed by atoms with Crippen LogP contribution in [0.1, 0.15) is 53.2 Å². The molecule has 0 unspecified atom stereocenters. The highest BCUT2D eigenvalue weighted by Crippen LogP contribution is 2.36. The summed E-state index contributed by atoms with van der Waals surface area (Å²) in [5, 5.41) is 10.5. The van der Waals surface area contributed by atoms with E-state index in [1.165, 1.54) is 23.4 Å². The number of halogens is 3. The van der Waals surface area contributed by atoms with E-state index in [0.717, 1.165) is 51.5 Å². The number of rotatable bonds is 9. The molecular formula is C29H40F3N5O7S. The predicted molar refractivity (Wildman–Crippen MR) is 156 cm³/mol. The summed E-state index contributed by atoms with van der Waals surface area (Å²) in [7, 11) is -2.23. The van der Waals surface area contributed by atoms with Crippen LogP contribution in [0.3, 0.4) is 0 Å². The van der Waals surface area contributed by atoms with Crippen LogP contribution in [0.25, 0.3) is 0 Å². The van der Waals surface area contributed by atoms with E-state index in [1.807, 2.05) is 4.90 Å². The third-order valence-corrected chi connectivity index (χ3v) is 10.3. The second-order valence-corrected chi connectivity index (χ2v) is 13.4. The van der Waals surface area contributed by atoms with Gasteiger partial charge in [-0.2, -0.15) is 17.5 Å². The number of sulfonamides is 1. The molecule has 12 nitrogen and oxygen atoms in total. The van der Waals surface area contributed by atoms with Gasteiger partial charge < -0.3 is 24.5 Å². The van der Waals surface area contributed by atoms with Gasteiger partial charge in [0.25, 0.3) is 5.91 Å². The van der Waals surface area contributed by atoms with Crippen molar-refractivity contribution >= 4 is 21.9 Å². The lowest BCUT2D eigenvalue weighted by Gasteiger charge is -2.37. The van der Waals surface area contributed by atoms with Gasteiger partial charge in [0.05, 0.1) is 18.6 Å². The number of aliphatic carboxylic acids is 1. The van der Waals surface area contributed by atoms with Crippen LogP contribution in [0.2, 0.25) is 0 Å². The molecule has 3 heterocycles. The minimum atomic E-state index is -5.08. The van der Waals surface area contributed by atoms with Crippen LogP contribution in [0.5, 0.6) is 5.75 Å². The number of alkyl halides is 3. The van der Waals surface area contributed by atoms with Gasteiger partial charge >= 0.3 is 12.1 Å². The highest BCUT2D eigenvalue weighted by molar-refractivity contribution is 7.89. The summed E-state index contributed by atoms with van der Waals surface area (Å²) in [5.41, 5.74) is 1.50. The highest BCUT2D eigenvalue weighted by Gasteiger charge is 2.41. The second-order valence-electron chi connectivity index (χ2n) is 11.6. The number of carbonyl (C=O) groups is 2. The molecule has 16 heteroatoms. The first kappa shape index (κ1) is 34.7. The molecule has 0 radical (unpaired) electrons. The quantitative estimate of drug-likeness (QED) is 0.412. The number of oxazole rings is 1. The number of hydrogen-bond acceptors (Lipinski definition) is 9. The van der Waals surface area contributed by atoms with Crippen molar-refractivity contribution in [3.63, 3.8) is 0 Å². The molecule has 1 aliphatic carbocycles. The summed E-state index contributed by atoms with van der Waals surface area (Å²) >= 11 is 0. The van der Waals surface area contributed by atoms with Crippen LogP contribution in [0.4, 0.5) is 13.2 Å². The first-order valence-electron chi connectivity index (χ1n) is 14.8. The number of ether oxygens (including phenoxy) is 1. The minimum absolute atomic E-state index is 0.00475. The van der Waals surface area contributed by atoms with E-state index >= 15 is 0 Å². The van der Waals surface area contributed by atoms with Gasteiger partial charge in [-0.1, -0.05) is 0 Å². The Balaban J connectivity index is 0.000000591. The molecule has 45 heavy (non-hydrogen) atoms. The third-order valence-electron chi connectivity index (χ3n) is 8.13. The van der Waals surface area contributed by atoms with Gasteiger partial charge in [-0.25, -0.2) is 18.2 Å². The Morgan fingerprint density at radius 2 is 1.67 bits per heavy atom. The lowest BCUT2D eigenvalue weighted by molar-refractivity contribution is -0.192. The van der Waals surface area contributed by atoms with Gasteiger partial charge in [-0.3, -0.25) is 9.69 Å². The monoisotopic (exact) mass is 659 g/mol. The number of aryl methyl sites for hydroxylation is 2. The molecule has 0 spiro atoms. The van der Waals surface area contributed by atoms with Crippen LogP contribution >= 0.6 is 0 Å². The van der Waals surface area contributed by atoms with Crippen molar-refractivity contribution in [1.82, 2.24) is 24.4 Å². The van der Waals surface area contributed by atoms with Crippen molar-refractivity contribution in [2.24, 2.45) is 5.92 Å². The molecule has 0 atom stereocenters. The molecule has 1 aromatic carbocycles. The number of amides is 1. The van der Waals surface area contributed by atoms with Crippen LogP contribution < -0.4 is 10.1 Å². The molecule has 1 aromatic heterocycles. The Morgan fingerprint density at radius 3 is 2.18 bits per heavy atom. The van der Waals surface area contributed by atoms with Gasteiger partial charge in [0.1, 0.15) is 12.0 Å². The van der Waals surface area contributed by atoms with Crippen LogP contribution in [0.15, 0.2) is 27.7 Å². The van der Waals surface area contributed by atoms with Crippen molar-refractivity contribution in [3.8, 4) is 5.75 Å². The second kappa shape index (κ2) is 14.5. The first-order chi connectivity index (χ1) is 21.2. The van der Waals surface area contributed by atoms with Crippen LogP contribution in [0, 0.1) is 19.8 Å². The fourth-order valence-corrected chi connectivity index (χ4v) is 7.72. The van der Waals surface area contributed by atoms with Crippen molar-refractivity contribution in [2.75, 3.05) is 52.9 Å². The number of nitrogens with zero attached hydrogens (tertiary/aromatic N) is 4. The maximum absolute atomic E-state index is 13.8. The zero-order valence-electron chi connectivity index (χ0n) is 25.6. The van der Waals surface area contributed by atoms with Gasteiger partial charge in [-0.05, 0) is 81.8 Å². The summed E-state index contributed by atoms with van der Waals surface area (Å²) < 4.78 is 71.6. The zero-order chi connectivity index (χ0) is 32.9. The summed E-state index contributed by atoms with van der Waals surface area (Å²) in [5.74, 6) is -1.33. The summed E-state index contributed by atoms with van der Waals surface area (Å²) in [6, 6.07) is 3.37. The topological polar surface area (TPSA) is 146 Å². The lowest BCUT2D eigenvalue weighted by atomic mass is 9.97. The summed E-state index contributed by atoms with van der Waals surface area (Å²) in [4.78, 5) is 31.0. The SMILES string of the molecule is COc1cc(C)c(S(=O)(=O)N(Cc2nc(C(=O)N3CCN(CC4CCNCC4)CC3)co2)C2CC2)c(C)c1.O=C(O)C(F)(F)F. The standard InChI is InChI=1S/C27H39N5O5S.C2HF3O2/c1-19-14-23(36-3)15-20(2)26(19)38(34,35)32(22-4-5-22)17-25-29-24(18-37-25)27(33)31-12-10-30(11-13-31)16-21-6-8-28-9-7-21;3-2(4,5)1(6)7/h14-15,18,21-22,28H,4-13,16-17H2,1-3H3;(H,6,7). The molecule has 1 amide bonds. The number of carbonyl (C=O) groups excluding carboxylic acids is 1. The van der Waals surface area contributed by atoms with Crippen LogP contribution in [-0.4, -0.2) is 110 Å². The van der Waals surface area contributed by atoms with Gasteiger partial charge in [0.15, 0.2) is 5.69 Å². The molecule has 0 bridgehead atoms. The molecular weight excluding hydrogens is 619 g/mol. The van der Waals surface area contributed by atoms with E-state index < -0.39 is 22.2 Å². The molecule has 1 saturated carbocycles. The number of piperazine rings is 1. The Morgan fingerprint density at radius 1 is 1.09 bits per heavy atom. The highest BCUT2D eigenvalue weighted by atomic mass is 32.2. The van der Waals surface area contributed by atoms with Gasteiger partial charge in [0.2, 0.25) is 15.9 Å². The van der Waals surface area contributed by atoms with Crippen molar-refractivity contribution in [2.45, 2.75) is 63.2 Å². The largest absolute Gasteiger partial charge is 0.497 e. The maximum Gasteiger partial charge on any atom is 0.490 e. The molecule has 3 aliphatic rings. The molecule has 250 valence electrons.